The van der Waals surface area contributed by atoms with Crippen molar-refractivity contribution >= 4 is 17.5 Å². The molecule has 0 aromatic heterocycles. The minimum absolute atomic E-state index is 0.0857. The molecule has 0 fully saturated rings. The van der Waals surface area contributed by atoms with Crippen LogP contribution in [0.3, 0.4) is 0 Å². The smallest absolute Gasteiger partial charge is 0.257 e. The van der Waals surface area contributed by atoms with Crippen LogP contribution in [0.5, 0.6) is 5.75 Å². The highest BCUT2D eigenvalue weighted by Crippen LogP contribution is 2.23. The normalized spacial score (nSPS) is 10.3. The largest absolute Gasteiger partial charge is 0.496 e. The number of hydrogen-bond acceptors (Lipinski definition) is 2. The van der Waals surface area contributed by atoms with E-state index in [1.54, 1.807) is 37.4 Å². The van der Waals surface area contributed by atoms with Crippen LogP contribution >= 0.6 is 11.6 Å². The van der Waals surface area contributed by atoms with Crippen molar-refractivity contribution in [2.24, 2.45) is 0 Å². The highest BCUT2D eigenvalue weighted by molar-refractivity contribution is 6.31. The maximum atomic E-state index is 13.8. The lowest BCUT2D eigenvalue weighted by atomic mass is 10.1. The van der Waals surface area contributed by atoms with Gasteiger partial charge in [-0.1, -0.05) is 29.8 Å². The molecule has 0 heterocycles. The Morgan fingerprint density at radius 3 is 2.62 bits per heavy atom. The summed E-state index contributed by atoms with van der Waals surface area (Å²) in [6.07, 6.45) is 0. The van der Waals surface area contributed by atoms with Crippen molar-refractivity contribution in [1.29, 1.82) is 0 Å². The first-order valence-electron chi connectivity index (χ1n) is 6.36. The minimum atomic E-state index is -0.429. The SMILES string of the molecule is COc1ccccc1C(=O)N(C)Cc1c(F)cccc1Cl. The maximum absolute atomic E-state index is 13.8. The first kappa shape index (κ1) is 15.3. The second-order valence-electron chi connectivity index (χ2n) is 4.56. The van der Waals surface area contributed by atoms with Crippen molar-refractivity contribution in [2.45, 2.75) is 6.54 Å². The van der Waals surface area contributed by atoms with E-state index in [2.05, 4.69) is 0 Å². The molecule has 0 saturated carbocycles. The standard InChI is InChI=1S/C16H15ClFNO2/c1-19(10-12-13(17)7-5-8-14(12)18)16(20)11-6-3-4-9-15(11)21-2/h3-9H,10H2,1-2H3. The quantitative estimate of drug-likeness (QED) is 0.860. The van der Waals surface area contributed by atoms with Crippen LogP contribution in [0.25, 0.3) is 0 Å². The number of methoxy groups -OCH3 is 1. The lowest BCUT2D eigenvalue weighted by Crippen LogP contribution is -2.27. The Labute approximate surface area is 127 Å². The molecule has 2 aromatic rings. The van der Waals surface area contributed by atoms with E-state index in [9.17, 15) is 9.18 Å². The van der Waals surface area contributed by atoms with Crippen LogP contribution in [-0.4, -0.2) is 25.0 Å². The second-order valence-corrected chi connectivity index (χ2v) is 4.97. The molecule has 0 bridgehead atoms. The number of benzene rings is 2. The first-order valence-corrected chi connectivity index (χ1v) is 6.73. The molecule has 2 rings (SSSR count). The molecule has 21 heavy (non-hydrogen) atoms. The fourth-order valence-corrected chi connectivity index (χ4v) is 2.24. The fourth-order valence-electron chi connectivity index (χ4n) is 2.02. The van der Waals surface area contributed by atoms with Gasteiger partial charge in [0.25, 0.3) is 5.91 Å². The third-order valence-electron chi connectivity index (χ3n) is 3.14. The summed E-state index contributed by atoms with van der Waals surface area (Å²) < 4.78 is 18.9. The van der Waals surface area contributed by atoms with E-state index >= 15 is 0 Å². The number of nitrogens with zero attached hydrogens (tertiary/aromatic N) is 1. The lowest BCUT2D eigenvalue weighted by Gasteiger charge is -2.19. The molecule has 0 radical (unpaired) electrons. The number of para-hydroxylation sites is 1. The predicted octanol–water partition coefficient (Wildman–Crippen LogP) is 3.76. The molecule has 0 unspecified atom stereocenters. The number of hydrogen-bond donors (Lipinski definition) is 0. The molecule has 0 N–H and O–H groups in total. The molecule has 0 aliphatic heterocycles. The molecular weight excluding hydrogens is 293 g/mol. The fraction of sp³-hybridized carbons (Fsp3) is 0.188. The second kappa shape index (κ2) is 6.59. The van der Waals surface area contributed by atoms with Gasteiger partial charge in [0.1, 0.15) is 11.6 Å². The van der Waals surface area contributed by atoms with E-state index < -0.39 is 5.82 Å². The van der Waals surface area contributed by atoms with Crippen LogP contribution in [-0.2, 0) is 6.54 Å². The van der Waals surface area contributed by atoms with Crippen molar-refractivity contribution in [2.75, 3.05) is 14.2 Å². The zero-order valence-electron chi connectivity index (χ0n) is 11.8. The molecule has 0 spiro atoms. The molecular formula is C16H15ClFNO2. The zero-order valence-corrected chi connectivity index (χ0v) is 12.5. The number of carbonyl (C=O) groups is 1. The van der Waals surface area contributed by atoms with Crippen LogP contribution in [0.2, 0.25) is 5.02 Å². The Balaban J connectivity index is 2.24. The van der Waals surface area contributed by atoms with Crippen LogP contribution in [0.15, 0.2) is 42.5 Å². The molecule has 1 amide bonds. The number of halogens is 2. The van der Waals surface area contributed by atoms with Crippen molar-refractivity contribution in [3.63, 3.8) is 0 Å². The van der Waals surface area contributed by atoms with E-state index in [0.717, 1.165) is 0 Å². The Kier molecular flexibility index (Phi) is 4.81. The van der Waals surface area contributed by atoms with E-state index in [0.29, 0.717) is 21.9 Å². The molecule has 5 heteroatoms. The van der Waals surface area contributed by atoms with Gasteiger partial charge in [-0.2, -0.15) is 0 Å². The van der Waals surface area contributed by atoms with Gasteiger partial charge in [-0.15, -0.1) is 0 Å². The zero-order chi connectivity index (χ0) is 15.4. The highest BCUT2D eigenvalue weighted by Gasteiger charge is 2.18. The summed E-state index contributed by atoms with van der Waals surface area (Å²) in [4.78, 5) is 13.8. The van der Waals surface area contributed by atoms with Gasteiger partial charge in [-0.05, 0) is 24.3 Å². The van der Waals surface area contributed by atoms with Gasteiger partial charge < -0.3 is 9.64 Å². The van der Waals surface area contributed by atoms with Gasteiger partial charge in [0.15, 0.2) is 0 Å². The third-order valence-corrected chi connectivity index (χ3v) is 3.50. The number of ether oxygens (including phenoxy) is 1. The summed E-state index contributed by atoms with van der Waals surface area (Å²) in [5, 5.41) is 0.301. The van der Waals surface area contributed by atoms with Crippen LogP contribution < -0.4 is 4.74 Å². The van der Waals surface area contributed by atoms with Gasteiger partial charge in [-0.3, -0.25) is 4.79 Å². The topological polar surface area (TPSA) is 29.5 Å². The summed E-state index contributed by atoms with van der Waals surface area (Å²) >= 11 is 5.98. The predicted molar refractivity (Wildman–Crippen MR) is 80.2 cm³/mol. The van der Waals surface area contributed by atoms with E-state index in [1.165, 1.54) is 24.1 Å². The van der Waals surface area contributed by atoms with Crippen LogP contribution in [0.1, 0.15) is 15.9 Å². The maximum Gasteiger partial charge on any atom is 0.257 e. The van der Waals surface area contributed by atoms with Gasteiger partial charge >= 0.3 is 0 Å². The Morgan fingerprint density at radius 2 is 1.95 bits per heavy atom. The van der Waals surface area contributed by atoms with E-state index in [-0.39, 0.29) is 12.5 Å². The van der Waals surface area contributed by atoms with Crippen LogP contribution in [0.4, 0.5) is 4.39 Å². The first-order chi connectivity index (χ1) is 10.0. The number of rotatable bonds is 4. The monoisotopic (exact) mass is 307 g/mol. The van der Waals surface area contributed by atoms with Crippen molar-refractivity contribution < 1.29 is 13.9 Å². The Bertz CT molecular complexity index is 640. The Morgan fingerprint density at radius 1 is 1.24 bits per heavy atom. The highest BCUT2D eigenvalue weighted by atomic mass is 35.5. The summed E-state index contributed by atoms with van der Waals surface area (Å²) in [6.45, 7) is 0.0857. The molecule has 110 valence electrons. The van der Waals surface area contributed by atoms with Gasteiger partial charge in [0, 0.05) is 24.2 Å². The summed E-state index contributed by atoms with van der Waals surface area (Å²) in [7, 11) is 3.09. The lowest BCUT2D eigenvalue weighted by molar-refractivity contribution is 0.0780. The van der Waals surface area contributed by atoms with E-state index in [4.69, 9.17) is 16.3 Å². The van der Waals surface area contributed by atoms with Crippen LogP contribution in [0, 0.1) is 5.82 Å². The molecule has 0 saturated heterocycles. The molecule has 0 aliphatic carbocycles. The van der Waals surface area contributed by atoms with Gasteiger partial charge in [-0.25, -0.2) is 4.39 Å². The molecule has 0 aliphatic rings. The van der Waals surface area contributed by atoms with Crippen molar-refractivity contribution in [3.05, 3.63) is 64.4 Å². The van der Waals surface area contributed by atoms with Crippen molar-refractivity contribution in [1.82, 2.24) is 4.90 Å². The number of amides is 1. The average molecular weight is 308 g/mol. The summed E-state index contributed by atoms with van der Waals surface area (Å²) in [5.74, 6) is -0.206. The summed E-state index contributed by atoms with van der Waals surface area (Å²) in [5.41, 5.74) is 0.722. The summed E-state index contributed by atoms with van der Waals surface area (Å²) in [6, 6.07) is 11.4. The molecule has 2 aromatic carbocycles. The van der Waals surface area contributed by atoms with Gasteiger partial charge in [0.2, 0.25) is 0 Å². The Hall–Kier alpha value is -2.07. The average Bonchev–Trinajstić information content (AvgIpc) is 2.50. The van der Waals surface area contributed by atoms with E-state index in [1.807, 2.05) is 0 Å². The minimum Gasteiger partial charge on any atom is -0.496 e. The number of carbonyl (C=O) groups excluding carboxylic acids is 1. The van der Waals surface area contributed by atoms with Gasteiger partial charge in [0.05, 0.1) is 12.7 Å². The molecule has 3 nitrogen and oxygen atoms in total. The van der Waals surface area contributed by atoms with Crippen molar-refractivity contribution in [3.8, 4) is 5.75 Å². The molecule has 0 atom stereocenters. The third kappa shape index (κ3) is 3.34.